The van der Waals surface area contributed by atoms with Crippen LogP contribution in [0.4, 0.5) is 0 Å². The van der Waals surface area contributed by atoms with Gasteiger partial charge in [-0.15, -0.1) is 0 Å². The molecule has 7 heteroatoms. The highest BCUT2D eigenvalue weighted by molar-refractivity contribution is 6.35. The lowest BCUT2D eigenvalue weighted by atomic mass is 10.1. The molecule has 0 bridgehead atoms. The Labute approximate surface area is 138 Å². The number of rotatable bonds is 5. The Kier molecular flexibility index (Phi) is 5.45. The number of benzene rings is 1. The van der Waals surface area contributed by atoms with Crippen molar-refractivity contribution in [3.8, 4) is 5.69 Å². The average molecular weight is 342 g/mol. The van der Waals surface area contributed by atoms with Gasteiger partial charge in [-0.05, 0) is 37.1 Å². The molecule has 2 aromatic rings. The summed E-state index contributed by atoms with van der Waals surface area (Å²) in [6.07, 6.45) is 1.66. The summed E-state index contributed by atoms with van der Waals surface area (Å²) >= 11 is 12.0. The summed E-state index contributed by atoms with van der Waals surface area (Å²) in [5.41, 5.74) is 0.921. The zero-order valence-corrected chi connectivity index (χ0v) is 13.8. The first-order valence-corrected chi connectivity index (χ1v) is 7.60. The Morgan fingerprint density at radius 3 is 2.73 bits per heavy atom. The van der Waals surface area contributed by atoms with Crippen LogP contribution in [0.5, 0.6) is 0 Å². The van der Waals surface area contributed by atoms with Crippen LogP contribution in [0, 0.1) is 5.92 Å². The molecule has 22 heavy (non-hydrogen) atoms. The van der Waals surface area contributed by atoms with Gasteiger partial charge < -0.3 is 10.4 Å². The van der Waals surface area contributed by atoms with Crippen LogP contribution in [0.3, 0.4) is 0 Å². The zero-order valence-electron chi connectivity index (χ0n) is 12.3. The van der Waals surface area contributed by atoms with Gasteiger partial charge in [0.1, 0.15) is 0 Å². The predicted octanol–water partition coefficient (Wildman–Crippen LogP) is 2.93. The van der Waals surface area contributed by atoms with E-state index >= 15 is 0 Å². The minimum atomic E-state index is -0.295. The number of amides is 1. The fourth-order valence-corrected chi connectivity index (χ4v) is 2.32. The summed E-state index contributed by atoms with van der Waals surface area (Å²) in [5.74, 6) is -0.326. The van der Waals surface area contributed by atoms with Gasteiger partial charge in [0, 0.05) is 23.9 Å². The molecular weight excluding hydrogens is 325 g/mol. The maximum Gasteiger partial charge on any atom is 0.272 e. The summed E-state index contributed by atoms with van der Waals surface area (Å²) in [6, 6.07) is 6.51. The number of hydrogen-bond acceptors (Lipinski definition) is 3. The fourth-order valence-electron chi connectivity index (χ4n) is 1.83. The van der Waals surface area contributed by atoms with E-state index in [-0.39, 0.29) is 30.2 Å². The molecule has 0 saturated heterocycles. The number of carbonyl (C=O) groups excluding carboxylic acids is 1. The minimum absolute atomic E-state index is 0.0102. The van der Waals surface area contributed by atoms with Crippen LogP contribution in [0.2, 0.25) is 10.0 Å². The molecule has 5 nitrogen and oxygen atoms in total. The second-order valence-corrected chi connectivity index (χ2v) is 6.01. The number of halogens is 2. The number of aromatic nitrogens is 2. The van der Waals surface area contributed by atoms with Crippen LogP contribution in [-0.4, -0.2) is 33.4 Å². The molecule has 2 unspecified atom stereocenters. The first kappa shape index (κ1) is 16.8. The van der Waals surface area contributed by atoms with Gasteiger partial charge in [-0.2, -0.15) is 5.10 Å². The van der Waals surface area contributed by atoms with Gasteiger partial charge in [-0.1, -0.05) is 30.1 Å². The molecule has 0 aliphatic carbocycles. The Balaban J connectivity index is 2.16. The number of nitrogens with one attached hydrogen (secondary N) is 1. The van der Waals surface area contributed by atoms with Crippen molar-refractivity contribution in [2.75, 3.05) is 6.61 Å². The van der Waals surface area contributed by atoms with Crippen molar-refractivity contribution < 1.29 is 9.90 Å². The van der Waals surface area contributed by atoms with E-state index in [1.54, 1.807) is 30.5 Å². The minimum Gasteiger partial charge on any atom is -0.396 e. The van der Waals surface area contributed by atoms with Crippen molar-refractivity contribution >= 4 is 29.1 Å². The lowest BCUT2D eigenvalue weighted by Crippen LogP contribution is -2.38. The van der Waals surface area contributed by atoms with Crippen LogP contribution in [0.25, 0.3) is 5.69 Å². The van der Waals surface area contributed by atoms with Crippen molar-refractivity contribution in [3.05, 3.63) is 46.2 Å². The first-order chi connectivity index (χ1) is 10.4. The molecule has 1 aromatic heterocycles. The van der Waals surface area contributed by atoms with Crippen molar-refractivity contribution in [2.24, 2.45) is 5.92 Å². The molecule has 2 atom stereocenters. The van der Waals surface area contributed by atoms with Crippen molar-refractivity contribution in [1.82, 2.24) is 15.1 Å². The molecule has 118 valence electrons. The summed E-state index contributed by atoms with van der Waals surface area (Å²) in [4.78, 5) is 12.1. The zero-order chi connectivity index (χ0) is 16.3. The van der Waals surface area contributed by atoms with E-state index in [2.05, 4.69) is 10.4 Å². The van der Waals surface area contributed by atoms with E-state index in [0.717, 1.165) is 0 Å². The van der Waals surface area contributed by atoms with E-state index in [9.17, 15) is 4.79 Å². The van der Waals surface area contributed by atoms with Crippen molar-refractivity contribution in [1.29, 1.82) is 0 Å². The molecule has 1 aromatic carbocycles. The van der Waals surface area contributed by atoms with E-state index in [0.29, 0.717) is 15.7 Å². The molecule has 1 amide bonds. The van der Waals surface area contributed by atoms with Crippen LogP contribution in [0.1, 0.15) is 24.3 Å². The molecule has 0 radical (unpaired) electrons. The van der Waals surface area contributed by atoms with Gasteiger partial charge >= 0.3 is 0 Å². The molecule has 1 heterocycles. The number of hydrogen-bond donors (Lipinski definition) is 2. The Morgan fingerprint density at radius 2 is 2.09 bits per heavy atom. The second-order valence-electron chi connectivity index (χ2n) is 5.16. The smallest absolute Gasteiger partial charge is 0.272 e. The molecule has 2 N–H and O–H groups in total. The monoisotopic (exact) mass is 341 g/mol. The summed E-state index contributed by atoms with van der Waals surface area (Å²) in [7, 11) is 0. The number of aliphatic hydroxyl groups is 1. The van der Waals surface area contributed by atoms with Crippen molar-refractivity contribution in [2.45, 2.75) is 19.9 Å². The number of aliphatic hydroxyl groups excluding tert-OH is 1. The van der Waals surface area contributed by atoms with E-state index in [4.69, 9.17) is 28.3 Å². The first-order valence-electron chi connectivity index (χ1n) is 6.85. The lowest BCUT2D eigenvalue weighted by Gasteiger charge is -2.18. The fraction of sp³-hybridized carbons (Fsp3) is 0.333. The molecule has 0 fully saturated rings. The quantitative estimate of drug-likeness (QED) is 0.878. The summed E-state index contributed by atoms with van der Waals surface area (Å²) in [6.45, 7) is 3.71. The standard InChI is InChI=1S/C15H17Cl2N3O2/c1-9(8-21)10(2)18-15(22)13-5-6-20(19-13)14-4-3-11(16)7-12(14)17/h3-7,9-10,21H,8H2,1-2H3,(H,18,22). The SMILES string of the molecule is CC(CO)C(C)NC(=O)c1ccn(-c2ccc(Cl)cc2Cl)n1. The Hall–Kier alpha value is -1.56. The molecule has 0 aliphatic rings. The van der Waals surface area contributed by atoms with Gasteiger partial charge in [-0.3, -0.25) is 4.79 Å². The van der Waals surface area contributed by atoms with E-state index in [1.807, 2.05) is 13.8 Å². The van der Waals surface area contributed by atoms with Crippen molar-refractivity contribution in [3.63, 3.8) is 0 Å². The van der Waals surface area contributed by atoms with Crippen LogP contribution in [0.15, 0.2) is 30.5 Å². The second kappa shape index (κ2) is 7.13. The molecule has 0 spiro atoms. The third-order valence-electron chi connectivity index (χ3n) is 3.48. The van der Waals surface area contributed by atoms with Gasteiger partial charge in [0.15, 0.2) is 5.69 Å². The van der Waals surface area contributed by atoms with Crippen LogP contribution >= 0.6 is 23.2 Å². The number of carbonyl (C=O) groups is 1. The molecule has 0 aliphatic heterocycles. The molecule has 0 saturated carbocycles. The highest BCUT2D eigenvalue weighted by atomic mass is 35.5. The van der Waals surface area contributed by atoms with E-state index < -0.39 is 0 Å². The van der Waals surface area contributed by atoms with Crippen LogP contribution < -0.4 is 5.32 Å². The Bertz CT molecular complexity index is 673. The largest absolute Gasteiger partial charge is 0.396 e. The molecular formula is C15H17Cl2N3O2. The summed E-state index contributed by atoms with van der Waals surface area (Å²) < 4.78 is 1.52. The summed E-state index contributed by atoms with van der Waals surface area (Å²) in [5, 5.41) is 17.1. The van der Waals surface area contributed by atoms with Crippen LogP contribution in [-0.2, 0) is 0 Å². The third-order valence-corrected chi connectivity index (χ3v) is 4.02. The number of nitrogens with zero attached hydrogens (tertiary/aromatic N) is 2. The van der Waals surface area contributed by atoms with E-state index in [1.165, 1.54) is 4.68 Å². The molecule has 2 rings (SSSR count). The average Bonchev–Trinajstić information content (AvgIpc) is 2.95. The lowest BCUT2D eigenvalue weighted by molar-refractivity contribution is 0.0911. The predicted molar refractivity (Wildman–Crippen MR) is 86.8 cm³/mol. The van der Waals surface area contributed by atoms with Gasteiger partial charge in [0.25, 0.3) is 5.91 Å². The highest BCUT2D eigenvalue weighted by Gasteiger charge is 2.17. The Morgan fingerprint density at radius 1 is 1.36 bits per heavy atom. The highest BCUT2D eigenvalue weighted by Crippen LogP contribution is 2.23. The van der Waals surface area contributed by atoms with Gasteiger partial charge in [-0.25, -0.2) is 4.68 Å². The maximum absolute atomic E-state index is 12.1. The third kappa shape index (κ3) is 3.80. The maximum atomic E-state index is 12.1. The normalized spacial score (nSPS) is 13.7. The van der Waals surface area contributed by atoms with Gasteiger partial charge in [0.2, 0.25) is 0 Å². The van der Waals surface area contributed by atoms with Gasteiger partial charge in [0.05, 0.1) is 10.7 Å². The topological polar surface area (TPSA) is 67.2 Å².